The largest absolute Gasteiger partial charge is 0.468 e. The molecule has 2 aliphatic heterocycles. The molecular weight excluding hydrogens is 458 g/mol. The summed E-state index contributed by atoms with van der Waals surface area (Å²) in [7, 11) is 1.17. The zero-order valence-electron chi connectivity index (χ0n) is 18.3. The van der Waals surface area contributed by atoms with Crippen LogP contribution in [0.4, 0.5) is 5.69 Å². The van der Waals surface area contributed by atoms with Crippen LogP contribution in [0.25, 0.3) is 0 Å². The molecule has 8 nitrogen and oxygen atoms in total. The molecule has 172 valence electrons. The number of hydrogen-bond acceptors (Lipinski definition) is 6. The second-order valence-corrected chi connectivity index (χ2v) is 8.66. The molecule has 2 aromatic carbocycles. The van der Waals surface area contributed by atoms with E-state index in [2.05, 4.69) is 4.98 Å². The molecule has 0 bridgehead atoms. The fraction of sp³-hybridized carbons (Fsp3) is 0.200. The maximum atomic E-state index is 14.4. The number of aromatic amines is 1. The van der Waals surface area contributed by atoms with E-state index in [-0.39, 0.29) is 17.9 Å². The summed E-state index contributed by atoms with van der Waals surface area (Å²) >= 11 is 6.38. The number of para-hydroxylation sites is 1. The van der Waals surface area contributed by atoms with Gasteiger partial charge in [0.25, 0.3) is 5.56 Å². The van der Waals surface area contributed by atoms with Gasteiger partial charge < -0.3 is 19.4 Å². The number of nitrogens with zero attached hydrogens (tertiary/aromatic N) is 1. The Morgan fingerprint density at radius 3 is 2.65 bits per heavy atom. The van der Waals surface area contributed by atoms with Crippen LogP contribution in [0, 0.1) is 18.3 Å². The summed E-state index contributed by atoms with van der Waals surface area (Å²) in [5.41, 5.74) is -0.304. The first-order valence-electron chi connectivity index (χ1n) is 10.5. The van der Waals surface area contributed by atoms with Gasteiger partial charge in [0, 0.05) is 22.5 Å². The van der Waals surface area contributed by atoms with Crippen molar-refractivity contribution in [2.24, 2.45) is 5.92 Å². The van der Waals surface area contributed by atoms with E-state index >= 15 is 0 Å². The van der Waals surface area contributed by atoms with Gasteiger partial charge in [-0.3, -0.25) is 19.8 Å². The zero-order chi connectivity index (χ0) is 24.2. The molecule has 0 saturated carbocycles. The van der Waals surface area contributed by atoms with Crippen LogP contribution in [0.15, 0.2) is 59.4 Å². The number of methoxy groups -OCH3 is 1. The number of carbonyl (C=O) groups excluding carboxylic acids is 2. The smallest absolute Gasteiger partial charge is 0.319 e. The highest BCUT2D eigenvalue weighted by atomic mass is 35.5. The van der Waals surface area contributed by atoms with Crippen LogP contribution in [0.3, 0.4) is 0 Å². The Balaban J connectivity index is 1.84. The van der Waals surface area contributed by atoms with E-state index in [1.807, 2.05) is 6.07 Å². The number of benzene rings is 2. The molecule has 34 heavy (non-hydrogen) atoms. The van der Waals surface area contributed by atoms with Crippen molar-refractivity contribution in [3.05, 3.63) is 92.4 Å². The van der Waals surface area contributed by atoms with Gasteiger partial charge in [-0.05, 0) is 30.2 Å². The molecule has 3 heterocycles. The number of fused-ring (bicyclic) bond motifs is 4. The van der Waals surface area contributed by atoms with Crippen LogP contribution in [0.2, 0.25) is 5.02 Å². The van der Waals surface area contributed by atoms with E-state index < -0.39 is 34.7 Å². The van der Waals surface area contributed by atoms with E-state index in [9.17, 15) is 14.4 Å². The predicted octanol–water partition coefficient (Wildman–Crippen LogP) is 3.33. The molecule has 5 rings (SSSR count). The van der Waals surface area contributed by atoms with Crippen molar-refractivity contribution in [2.45, 2.75) is 18.9 Å². The number of H-pyrrole nitrogens is 1. The molecule has 0 fully saturated rings. The lowest BCUT2D eigenvalue weighted by atomic mass is 9.65. The number of carbonyl (C=O) groups is 2. The van der Waals surface area contributed by atoms with Crippen molar-refractivity contribution < 1.29 is 19.1 Å². The number of aromatic nitrogens is 1. The van der Waals surface area contributed by atoms with Crippen molar-refractivity contribution >= 4 is 35.1 Å². The van der Waals surface area contributed by atoms with Crippen LogP contribution in [-0.2, 0) is 26.3 Å². The van der Waals surface area contributed by atoms with Gasteiger partial charge in [-0.25, -0.2) is 0 Å². The standard InChI is InChI=1S/C25H20ClN3O5/c1-13-11-18-19(22(30)28-13)25(20(21(27)34-18)23(31)33-2)15-8-4-6-10-17(15)29(24(25)32)12-14-7-3-5-9-16(14)26/h3-11,20,27H,12H2,1-2H3,(H,28,30). The molecule has 0 saturated heterocycles. The van der Waals surface area contributed by atoms with Gasteiger partial charge in [0.05, 0.1) is 19.2 Å². The summed E-state index contributed by atoms with van der Waals surface area (Å²) in [6.45, 7) is 1.78. The number of ether oxygens (including phenoxy) is 2. The highest BCUT2D eigenvalue weighted by Crippen LogP contribution is 2.55. The molecule has 1 spiro atoms. The number of hydrogen-bond donors (Lipinski definition) is 2. The minimum Gasteiger partial charge on any atom is -0.468 e. The lowest BCUT2D eigenvalue weighted by Gasteiger charge is -2.39. The number of esters is 1. The lowest BCUT2D eigenvalue weighted by Crippen LogP contribution is -2.57. The van der Waals surface area contributed by atoms with Crippen molar-refractivity contribution in [3.8, 4) is 5.75 Å². The Morgan fingerprint density at radius 2 is 1.91 bits per heavy atom. The monoisotopic (exact) mass is 477 g/mol. The molecule has 2 aliphatic rings. The third kappa shape index (κ3) is 2.92. The maximum absolute atomic E-state index is 14.4. The second-order valence-electron chi connectivity index (χ2n) is 8.25. The minimum atomic E-state index is -1.84. The number of nitrogens with one attached hydrogen (secondary N) is 2. The molecule has 1 amide bonds. The summed E-state index contributed by atoms with van der Waals surface area (Å²) in [4.78, 5) is 45.0. The van der Waals surface area contributed by atoms with Gasteiger partial charge in [-0.1, -0.05) is 48.0 Å². The average molecular weight is 478 g/mol. The Bertz CT molecular complexity index is 1430. The lowest BCUT2D eigenvalue weighted by molar-refractivity contribution is -0.147. The van der Waals surface area contributed by atoms with Gasteiger partial charge in [0.15, 0.2) is 5.92 Å². The van der Waals surface area contributed by atoms with Crippen LogP contribution >= 0.6 is 11.6 Å². The Labute approximate surface area is 199 Å². The minimum absolute atomic E-state index is 0.0244. The topological polar surface area (TPSA) is 113 Å². The first kappa shape index (κ1) is 21.9. The normalized spacial score (nSPS) is 20.7. The second kappa shape index (κ2) is 7.85. The molecule has 2 N–H and O–H groups in total. The molecule has 2 unspecified atom stereocenters. The van der Waals surface area contributed by atoms with Crippen LogP contribution in [0.5, 0.6) is 5.75 Å². The molecule has 1 aromatic heterocycles. The van der Waals surface area contributed by atoms with Crippen molar-refractivity contribution in [3.63, 3.8) is 0 Å². The predicted molar refractivity (Wildman–Crippen MR) is 126 cm³/mol. The number of aryl methyl sites for hydroxylation is 1. The molecule has 0 aliphatic carbocycles. The highest BCUT2D eigenvalue weighted by Gasteiger charge is 2.65. The summed E-state index contributed by atoms with van der Waals surface area (Å²) in [5.74, 6) is -3.27. The molecule has 9 heteroatoms. The van der Waals surface area contributed by atoms with Gasteiger partial charge in [0.2, 0.25) is 11.8 Å². The van der Waals surface area contributed by atoms with E-state index in [1.54, 1.807) is 55.5 Å². The third-order valence-corrected chi connectivity index (χ3v) is 6.74. The first-order valence-corrected chi connectivity index (χ1v) is 10.9. The Kier molecular flexibility index (Phi) is 5.06. The van der Waals surface area contributed by atoms with Gasteiger partial charge in [-0.2, -0.15) is 0 Å². The average Bonchev–Trinajstić information content (AvgIpc) is 3.03. The summed E-state index contributed by atoms with van der Waals surface area (Å²) in [6, 6.07) is 15.6. The highest BCUT2D eigenvalue weighted by molar-refractivity contribution is 6.31. The molecular formula is C25H20ClN3O5. The number of rotatable bonds is 3. The number of pyridine rings is 1. The van der Waals surface area contributed by atoms with Gasteiger partial charge in [0.1, 0.15) is 11.2 Å². The van der Waals surface area contributed by atoms with E-state index in [0.717, 1.165) is 0 Å². The Hall–Kier alpha value is -3.91. The first-order chi connectivity index (χ1) is 16.3. The van der Waals surface area contributed by atoms with Crippen LogP contribution in [-0.4, -0.2) is 29.9 Å². The van der Waals surface area contributed by atoms with E-state index in [1.165, 1.54) is 12.0 Å². The Morgan fingerprint density at radius 1 is 1.21 bits per heavy atom. The van der Waals surface area contributed by atoms with E-state index in [4.69, 9.17) is 26.5 Å². The third-order valence-electron chi connectivity index (χ3n) is 6.37. The summed E-state index contributed by atoms with van der Waals surface area (Å²) < 4.78 is 10.6. The SMILES string of the molecule is COC(=O)C1C(=N)Oc2cc(C)[nH]c(=O)c2C12C(=O)N(Cc1ccccc1Cl)c1ccccc12. The van der Waals surface area contributed by atoms with Crippen molar-refractivity contribution in [2.75, 3.05) is 12.0 Å². The summed E-state index contributed by atoms with van der Waals surface area (Å²) in [5, 5.41) is 9.05. The van der Waals surface area contributed by atoms with E-state index in [0.29, 0.717) is 27.5 Å². The zero-order valence-corrected chi connectivity index (χ0v) is 19.1. The molecule has 3 aromatic rings. The van der Waals surface area contributed by atoms with Gasteiger partial charge >= 0.3 is 5.97 Å². The quantitative estimate of drug-likeness (QED) is 0.562. The number of anilines is 1. The maximum Gasteiger partial charge on any atom is 0.319 e. The fourth-order valence-corrected chi connectivity index (χ4v) is 5.18. The fourth-order valence-electron chi connectivity index (χ4n) is 4.99. The summed E-state index contributed by atoms with van der Waals surface area (Å²) in [6.07, 6.45) is 0. The van der Waals surface area contributed by atoms with Crippen molar-refractivity contribution in [1.82, 2.24) is 4.98 Å². The van der Waals surface area contributed by atoms with Gasteiger partial charge in [-0.15, -0.1) is 0 Å². The van der Waals surface area contributed by atoms with Crippen molar-refractivity contribution in [1.29, 1.82) is 5.41 Å². The van der Waals surface area contributed by atoms with Crippen LogP contribution in [0.1, 0.15) is 22.4 Å². The van der Waals surface area contributed by atoms with Crippen LogP contribution < -0.4 is 15.2 Å². The molecule has 0 radical (unpaired) electrons. The number of amides is 1. The number of halogens is 1. The molecule has 2 atom stereocenters.